The van der Waals surface area contributed by atoms with Crippen molar-refractivity contribution < 1.29 is 28.6 Å². The van der Waals surface area contributed by atoms with Crippen molar-refractivity contribution in [2.24, 2.45) is 0 Å². The second kappa shape index (κ2) is 8.34. The first-order valence-corrected chi connectivity index (χ1v) is 7.65. The van der Waals surface area contributed by atoms with Crippen LogP contribution in [0.5, 0.6) is 11.5 Å². The number of nitrogens with zero attached hydrogens (tertiary/aromatic N) is 1. The number of anilines is 1. The van der Waals surface area contributed by atoms with Crippen LogP contribution in [0.2, 0.25) is 0 Å². The van der Waals surface area contributed by atoms with Crippen molar-refractivity contribution in [3.05, 3.63) is 41.9 Å². The molecule has 0 spiro atoms. The van der Waals surface area contributed by atoms with Crippen molar-refractivity contribution >= 4 is 30.5 Å². The van der Waals surface area contributed by atoms with Gasteiger partial charge in [0.15, 0.2) is 11.5 Å². The highest BCUT2D eigenvalue weighted by molar-refractivity contribution is 7.82. The van der Waals surface area contributed by atoms with Gasteiger partial charge in [-0.1, -0.05) is 18.9 Å². The van der Waals surface area contributed by atoms with E-state index in [1.165, 1.54) is 6.07 Å². The summed E-state index contributed by atoms with van der Waals surface area (Å²) in [4.78, 5) is 22.8. The van der Waals surface area contributed by atoms with E-state index in [-0.39, 0.29) is 11.4 Å². The quantitative estimate of drug-likeness (QED) is 0.651. The first-order valence-electron chi connectivity index (χ1n) is 7.25. The monoisotopic (exact) mass is 366 g/mol. The van der Waals surface area contributed by atoms with Gasteiger partial charge in [-0.15, -0.1) is 0 Å². The van der Waals surface area contributed by atoms with E-state index in [0.29, 0.717) is 24.5 Å². The average Bonchev–Trinajstić information content (AvgIpc) is 3.11. The number of hydrogen-bond acceptors (Lipinski definition) is 6. The van der Waals surface area contributed by atoms with Crippen LogP contribution in [-0.4, -0.2) is 37.9 Å². The van der Waals surface area contributed by atoms with Gasteiger partial charge in [0.25, 0.3) is 0 Å². The minimum atomic E-state index is -1.22. The molecule has 0 radical (unpaired) electrons. The van der Waals surface area contributed by atoms with Crippen molar-refractivity contribution in [1.29, 1.82) is 0 Å². The second-order valence-electron chi connectivity index (χ2n) is 4.96. The van der Waals surface area contributed by atoms with Crippen molar-refractivity contribution in [2.75, 3.05) is 25.1 Å². The molecule has 2 amide bonds. The summed E-state index contributed by atoms with van der Waals surface area (Å²) in [5.41, 5.74) is 1.18. The predicted octanol–water partition coefficient (Wildman–Crippen LogP) is 2.60. The smallest absolute Gasteiger partial charge is 0.371 e. The van der Waals surface area contributed by atoms with E-state index in [9.17, 15) is 9.59 Å². The molecule has 25 heavy (non-hydrogen) atoms. The molecule has 2 rings (SSSR count). The molecule has 0 unspecified atom stereocenters. The van der Waals surface area contributed by atoms with E-state index in [0.717, 1.165) is 16.1 Å². The summed E-state index contributed by atoms with van der Waals surface area (Å²) in [5, 5.41) is 11.5. The lowest BCUT2D eigenvalue weighted by atomic mass is 10.1. The summed E-state index contributed by atoms with van der Waals surface area (Å²) in [5.74, 6) is -0.248. The highest BCUT2D eigenvalue weighted by atomic mass is 32.1. The van der Waals surface area contributed by atoms with Crippen molar-refractivity contribution in [3.63, 3.8) is 0 Å². The van der Waals surface area contributed by atoms with E-state index >= 15 is 0 Å². The van der Waals surface area contributed by atoms with Gasteiger partial charge >= 0.3 is 12.0 Å². The fraction of sp³-hybridized carbons (Fsp3) is 0.250. The number of thiol groups is 1. The van der Waals surface area contributed by atoms with E-state index in [4.69, 9.17) is 19.0 Å². The second-order valence-corrected chi connectivity index (χ2v) is 5.36. The fourth-order valence-corrected chi connectivity index (χ4v) is 2.27. The molecular weight excluding hydrogens is 348 g/mol. The van der Waals surface area contributed by atoms with Crippen LogP contribution < -0.4 is 19.1 Å². The Balaban J connectivity index is 1.90. The number of hydrogen-bond donors (Lipinski definition) is 3. The average molecular weight is 366 g/mol. The van der Waals surface area contributed by atoms with Crippen molar-refractivity contribution in [2.45, 2.75) is 6.42 Å². The summed E-state index contributed by atoms with van der Waals surface area (Å²) in [6.07, 6.45) is 1.71. The molecule has 2 aromatic rings. The topological polar surface area (TPSA) is 101 Å². The van der Waals surface area contributed by atoms with Crippen LogP contribution in [0.4, 0.5) is 10.5 Å². The number of nitrogens with one attached hydrogen (secondary N) is 1. The van der Waals surface area contributed by atoms with Gasteiger partial charge in [-0.05, 0) is 24.1 Å². The highest BCUT2D eigenvalue weighted by Gasteiger charge is 2.17. The van der Waals surface area contributed by atoms with E-state index < -0.39 is 12.0 Å². The summed E-state index contributed by atoms with van der Waals surface area (Å²) >= 11 is 4.05. The molecule has 1 aromatic heterocycles. The number of urea groups is 1. The molecule has 2 N–H and O–H groups in total. The molecule has 1 heterocycles. The Bertz CT molecular complexity index is 761. The number of benzene rings is 1. The van der Waals surface area contributed by atoms with E-state index in [1.54, 1.807) is 20.3 Å². The number of ether oxygens (including phenoxy) is 2. The van der Waals surface area contributed by atoms with Crippen LogP contribution >= 0.6 is 12.8 Å². The molecule has 0 atom stereocenters. The largest absolute Gasteiger partial charge is 0.493 e. The maximum absolute atomic E-state index is 12.0. The minimum Gasteiger partial charge on any atom is -0.493 e. The summed E-state index contributed by atoms with van der Waals surface area (Å²) in [6.45, 7) is 0.356. The normalized spacial score (nSPS) is 10.2. The van der Waals surface area contributed by atoms with E-state index in [1.807, 2.05) is 12.1 Å². The molecule has 0 fully saturated rings. The molecule has 0 saturated heterocycles. The zero-order chi connectivity index (χ0) is 18.4. The molecule has 0 aliphatic heterocycles. The number of carboxylic acids is 1. The maximum atomic E-state index is 12.0. The Morgan fingerprint density at radius 2 is 1.96 bits per heavy atom. The number of furan rings is 1. The van der Waals surface area contributed by atoms with Crippen LogP contribution in [0.1, 0.15) is 16.1 Å². The van der Waals surface area contributed by atoms with Crippen LogP contribution in [0, 0.1) is 0 Å². The first kappa shape index (κ1) is 18.5. The van der Waals surface area contributed by atoms with Gasteiger partial charge in [-0.3, -0.25) is 0 Å². The standard InChI is InChI=1S/C16H18N2O6S/c1-22-12-4-3-10(7-13(12)23-2)5-6-17-16(21)18(25)11-8-14(15(19)20)24-9-11/h3-4,7-9,25H,5-6H2,1-2H3,(H,17,21)(H,19,20). The Morgan fingerprint density at radius 1 is 1.24 bits per heavy atom. The number of amides is 2. The SMILES string of the molecule is COc1ccc(CCNC(=O)N(S)c2coc(C(=O)O)c2)cc1OC. The molecule has 0 aliphatic rings. The lowest BCUT2D eigenvalue weighted by Gasteiger charge is -2.14. The fourth-order valence-electron chi connectivity index (χ4n) is 2.09. The highest BCUT2D eigenvalue weighted by Crippen LogP contribution is 2.27. The third kappa shape index (κ3) is 4.60. The van der Waals surface area contributed by atoms with Gasteiger partial charge in [0.05, 0.1) is 19.9 Å². The number of aromatic carboxylic acids is 1. The Labute approximate surface area is 149 Å². The molecule has 9 heteroatoms. The molecule has 0 bridgehead atoms. The number of methoxy groups -OCH3 is 2. The first-order chi connectivity index (χ1) is 12.0. The van der Waals surface area contributed by atoms with Gasteiger partial charge in [0, 0.05) is 12.6 Å². The van der Waals surface area contributed by atoms with Gasteiger partial charge in [0.1, 0.15) is 6.26 Å². The maximum Gasteiger partial charge on any atom is 0.371 e. The molecule has 0 aliphatic carbocycles. The Hall–Kier alpha value is -2.81. The van der Waals surface area contributed by atoms with Crippen LogP contribution in [0.15, 0.2) is 34.9 Å². The van der Waals surface area contributed by atoms with Gasteiger partial charge in [-0.25, -0.2) is 13.9 Å². The molecular formula is C16H18N2O6S. The lowest BCUT2D eigenvalue weighted by molar-refractivity contribution is 0.0662. The van der Waals surface area contributed by atoms with Crippen LogP contribution in [0.25, 0.3) is 0 Å². The van der Waals surface area contributed by atoms with Gasteiger partial charge in [-0.2, -0.15) is 0 Å². The molecule has 8 nitrogen and oxygen atoms in total. The van der Waals surface area contributed by atoms with Gasteiger partial charge in [0.2, 0.25) is 5.76 Å². The Kier molecular flexibility index (Phi) is 6.18. The number of carbonyl (C=O) groups is 2. The van der Waals surface area contributed by atoms with Crippen LogP contribution in [0.3, 0.4) is 0 Å². The summed E-state index contributed by atoms with van der Waals surface area (Å²) in [7, 11) is 3.11. The number of rotatable bonds is 7. The third-order valence-corrected chi connectivity index (χ3v) is 3.78. The molecule has 0 saturated carbocycles. The lowest BCUT2D eigenvalue weighted by Crippen LogP contribution is -2.35. The molecule has 134 valence electrons. The van der Waals surface area contributed by atoms with Crippen molar-refractivity contribution in [3.8, 4) is 11.5 Å². The zero-order valence-electron chi connectivity index (χ0n) is 13.7. The van der Waals surface area contributed by atoms with Crippen LogP contribution in [-0.2, 0) is 6.42 Å². The summed E-state index contributed by atoms with van der Waals surface area (Å²) < 4.78 is 16.2. The number of carboxylic acid groups (broad SMARTS) is 1. The zero-order valence-corrected chi connectivity index (χ0v) is 14.6. The van der Waals surface area contributed by atoms with Gasteiger partial charge < -0.3 is 24.3 Å². The number of carbonyl (C=O) groups excluding carboxylic acids is 1. The van der Waals surface area contributed by atoms with E-state index in [2.05, 4.69) is 18.1 Å². The molecule has 1 aromatic carbocycles. The third-order valence-electron chi connectivity index (χ3n) is 3.37. The summed E-state index contributed by atoms with van der Waals surface area (Å²) in [6, 6.07) is 6.21. The Morgan fingerprint density at radius 3 is 2.56 bits per heavy atom. The van der Waals surface area contributed by atoms with Crippen molar-refractivity contribution in [1.82, 2.24) is 5.32 Å². The minimum absolute atomic E-state index is 0.226. The predicted molar refractivity (Wildman–Crippen MR) is 93.8 cm³/mol.